The summed E-state index contributed by atoms with van der Waals surface area (Å²) in [6.07, 6.45) is 1.10. The highest BCUT2D eigenvalue weighted by molar-refractivity contribution is 5.86. The molecule has 1 atom stereocenters. The molecule has 0 saturated carbocycles. The number of rotatable bonds is 5. The average Bonchev–Trinajstić information content (AvgIpc) is 2.97. The monoisotopic (exact) mass is 345 g/mol. The van der Waals surface area contributed by atoms with Gasteiger partial charge in [-0.25, -0.2) is 0 Å². The van der Waals surface area contributed by atoms with Gasteiger partial charge < -0.3 is 20.9 Å². The zero-order chi connectivity index (χ0) is 18.4. The molecular formula is C19H31N5O. The Bertz CT molecular complexity index is 620. The van der Waals surface area contributed by atoms with Crippen molar-refractivity contribution in [3.63, 3.8) is 0 Å². The number of nitrogens with one attached hydrogen (secondary N) is 3. The van der Waals surface area contributed by atoms with Gasteiger partial charge >= 0.3 is 0 Å². The molecule has 1 aliphatic rings. The zero-order valence-electron chi connectivity index (χ0n) is 16.0. The maximum atomic E-state index is 11.9. The third-order valence-corrected chi connectivity index (χ3v) is 4.17. The molecule has 6 heteroatoms. The summed E-state index contributed by atoms with van der Waals surface area (Å²) in [6, 6.07) is 8.91. The lowest BCUT2D eigenvalue weighted by Crippen LogP contribution is -2.50. The first kappa shape index (κ1) is 19.1. The van der Waals surface area contributed by atoms with Gasteiger partial charge in [0.25, 0.3) is 0 Å². The highest BCUT2D eigenvalue weighted by atomic mass is 16.2. The third kappa shape index (κ3) is 5.66. The molecule has 25 heavy (non-hydrogen) atoms. The Labute approximate surface area is 151 Å². The molecule has 0 fully saturated rings. The predicted molar refractivity (Wildman–Crippen MR) is 104 cm³/mol. The first-order valence-electron chi connectivity index (χ1n) is 8.90. The fourth-order valence-corrected chi connectivity index (χ4v) is 3.02. The van der Waals surface area contributed by atoms with Crippen LogP contribution >= 0.6 is 0 Å². The van der Waals surface area contributed by atoms with Crippen molar-refractivity contribution in [1.82, 2.24) is 16.0 Å². The van der Waals surface area contributed by atoms with Crippen LogP contribution in [0, 0.1) is 0 Å². The average molecular weight is 345 g/mol. The first-order valence-corrected chi connectivity index (χ1v) is 8.90. The normalized spacial score (nSPS) is 15.6. The van der Waals surface area contributed by atoms with Gasteiger partial charge in [0.2, 0.25) is 5.91 Å². The largest absolute Gasteiger partial charge is 0.366 e. The lowest BCUT2D eigenvalue weighted by Gasteiger charge is -2.28. The molecule has 0 spiro atoms. The van der Waals surface area contributed by atoms with Crippen molar-refractivity contribution in [3.8, 4) is 0 Å². The van der Waals surface area contributed by atoms with E-state index in [1.165, 1.54) is 11.3 Å². The number of amides is 1. The van der Waals surface area contributed by atoms with E-state index in [0.29, 0.717) is 12.0 Å². The van der Waals surface area contributed by atoms with Crippen LogP contribution in [0.1, 0.15) is 33.3 Å². The first-order chi connectivity index (χ1) is 11.8. The molecule has 0 aliphatic carbocycles. The second kappa shape index (κ2) is 8.23. The van der Waals surface area contributed by atoms with E-state index in [1.807, 2.05) is 20.8 Å². The number of guanidine groups is 1. The Morgan fingerprint density at radius 3 is 2.68 bits per heavy atom. The molecule has 138 valence electrons. The molecule has 0 saturated heterocycles. The van der Waals surface area contributed by atoms with Gasteiger partial charge in [-0.3, -0.25) is 9.79 Å². The summed E-state index contributed by atoms with van der Waals surface area (Å²) in [5, 5.41) is 9.30. The molecule has 1 aromatic rings. The number of benzene rings is 1. The van der Waals surface area contributed by atoms with Crippen molar-refractivity contribution in [2.75, 3.05) is 31.6 Å². The maximum absolute atomic E-state index is 11.9. The van der Waals surface area contributed by atoms with Gasteiger partial charge in [-0.2, -0.15) is 0 Å². The van der Waals surface area contributed by atoms with E-state index in [9.17, 15) is 4.79 Å². The summed E-state index contributed by atoms with van der Waals surface area (Å²) >= 11 is 0. The van der Waals surface area contributed by atoms with Crippen molar-refractivity contribution in [2.45, 2.75) is 45.7 Å². The summed E-state index contributed by atoms with van der Waals surface area (Å²) in [5.74, 6) is 0.598. The third-order valence-electron chi connectivity index (χ3n) is 4.17. The zero-order valence-corrected chi connectivity index (χ0v) is 16.0. The number of para-hydroxylation sites is 1. The van der Waals surface area contributed by atoms with E-state index >= 15 is 0 Å². The highest BCUT2D eigenvalue weighted by Crippen LogP contribution is 2.28. The Kier molecular flexibility index (Phi) is 6.28. The van der Waals surface area contributed by atoms with Crippen LogP contribution in [0.4, 0.5) is 5.69 Å². The second-order valence-corrected chi connectivity index (χ2v) is 7.53. The van der Waals surface area contributed by atoms with Crippen LogP contribution in [0.5, 0.6) is 0 Å². The van der Waals surface area contributed by atoms with E-state index in [0.717, 1.165) is 19.5 Å². The number of carbonyl (C=O) groups is 1. The number of hydrogen-bond acceptors (Lipinski definition) is 3. The van der Waals surface area contributed by atoms with Gasteiger partial charge in [-0.05, 0) is 45.7 Å². The van der Waals surface area contributed by atoms with E-state index in [-0.39, 0.29) is 18.0 Å². The number of aliphatic imine (C=N–C) groups is 1. The molecule has 1 aromatic carbocycles. The lowest BCUT2D eigenvalue weighted by molar-refractivity contribution is -0.121. The van der Waals surface area contributed by atoms with E-state index < -0.39 is 0 Å². The molecule has 1 amide bonds. The lowest BCUT2D eigenvalue weighted by atomic mass is 10.1. The van der Waals surface area contributed by atoms with Gasteiger partial charge in [0.1, 0.15) is 0 Å². The molecule has 0 radical (unpaired) electrons. The maximum Gasteiger partial charge on any atom is 0.239 e. The molecular weight excluding hydrogens is 314 g/mol. The Morgan fingerprint density at radius 1 is 1.28 bits per heavy atom. The molecule has 1 unspecified atom stereocenters. The molecule has 0 bridgehead atoms. The molecule has 1 heterocycles. The minimum absolute atomic E-state index is 0.0445. The minimum atomic E-state index is -0.229. The molecule has 1 aliphatic heterocycles. The highest BCUT2D eigenvalue weighted by Gasteiger charge is 2.23. The number of nitrogens with zero attached hydrogens (tertiary/aromatic N) is 2. The molecule has 3 N–H and O–H groups in total. The van der Waals surface area contributed by atoms with Crippen LogP contribution in [-0.2, 0) is 11.2 Å². The van der Waals surface area contributed by atoms with Crippen molar-refractivity contribution in [1.29, 1.82) is 0 Å². The quantitative estimate of drug-likeness (QED) is 0.559. The molecule has 2 rings (SSSR count). The molecule has 6 nitrogen and oxygen atoms in total. The number of hydrogen-bond donors (Lipinski definition) is 3. The van der Waals surface area contributed by atoms with Gasteiger partial charge in [-0.15, -0.1) is 0 Å². The van der Waals surface area contributed by atoms with E-state index in [4.69, 9.17) is 0 Å². The van der Waals surface area contributed by atoms with E-state index in [2.05, 4.69) is 57.0 Å². The SMILES string of the molecule is CN=C(NCC(=O)NC(C)(C)C)NCC(C)N1CCc2ccccc21. The topological polar surface area (TPSA) is 68.8 Å². The Balaban J connectivity index is 1.80. The van der Waals surface area contributed by atoms with Crippen LogP contribution in [0.25, 0.3) is 0 Å². The predicted octanol–water partition coefficient (Wildman–Crippen LogP) is 1.52. The Hall–Kier alpha value is -2.24. The van der Waals surface area contributed by atoms with Crippen LogP contribution < -0.4 is 20.9 Å². The fraction of sp³-hybridized carbons (Fsp3) is 0.579. The summed E-state index contributed by atoms with van der Waals surface area (Å²) in [5.41, 5.74) is 2.51. The number of carbonyl (C=O) groups excluding carboxylic acids is 1. The van der Waals surface area contributed by atoms with Crippen LogP contribution in [-0.4, -0.2) is 50.1 Å². The second-order valence-electron chi connectivity index (χ2n) is 7.53. The van der Waals surface area contributed by atoms with Crippen molar-refractivity contribution >= 4 is 17.6 Å². The smallest absolute Gasteiger partial charge is 0.239 e. The summed E-state index contributed by atoms with van der Waals surface area (Å²) in [6.45, 7) is 10.1. The molecule has 0 aromatic heterocycles. The van der Waals surface area contributed by atoms with Gasteiger partial charge in [0.15, 0.2) is 5.96 Å². The standard InChI is InChI=1S/C19H31N5O/c1-14(24-11-10-15-8-6-7-9-16(15)24)12-21-18(20-5)22-13-17(25)23-19(2,3)4/h6-9,14H,10-13H2,1-5H3,(H,23,25)(H2,20,21,22). The Morgan fingerprint density at radius 2 is 2.00 bits per heavy atom. The van der Waals surface area contributed by atoms with Crippen LogP contribution in [0.3, 0.4) is 0 Å². The van der Waals surface area contributed by atoms with Crippen molar-refractivity contribution in [3.05, 3.63) is 29.8 Å². The van der Waals surface area contributed by atoms with Gasteiger partial charge in [-0.1, -0.05) is 18.2 Å². The van der Waals surface area contributed by atoms with Crippen LogP contribution in [0.2, 0.25) is 0 Å². The summed E-state index contributed by atoms with van der Waals surface area (Å²) in [7, 11) is 1.72. The van der Waals surface area contributed by atoms with E-state index in [1.54, 1.807) is 7.05 Å². The summed E-state index contributed by atoms with van der Waals surface area (Å²) < 4.78 is 0. The van der Waals surface area contributed by atoms with Crippen molar-refractivity contribution in [2.24, 2.45) is 4.99 Å². The van der Waals surface area contributed by atoms with Crippen molar-refractivity contribution < 1.29 is 4.79 Å². The van der Waals surface area contributed by atoms with Gasteiger partial charge in [0, 0.05) is 37.4 Å². The van der Waals surface area contributed by atoms with Gasteiger partial charge in [0.05, 0.1) is 6.54 Å². The van der Waals surface area contributed by atoms with Crippen LogP contribution in [0.15, 0.2) is 29.3 Å². The fourth-order valence-electron chi connectivity index (χ4n) is 3.02. The number of anilines is 1. The summed E-state index contributed by atoms with van der Waals surface area (Å²) in [4.78, 5) is 18.5. The number of fused-ring (bicyclic) bond motifs is 1. The minimum Gasteiger partial charge on any atom is -0.366 e.